The van der Waals surface area contributed by atoms with E-state index in [0.29, 0.717) is 6.42 Å². The Hall–Kier alpha value is -1.55. The number of carbonyl (C=O) groups excluding carboxylic acids is 1. The van der Waals surface area contributed by atoms with Crippen LogP contribution in [-0.4, -0.2) is 33.0 Å². The molecule has 2 aliphatic rings. The van der Waals surface area contributed by atoms with Crippen molar-refractivity contribution in [2.24, 2.45) is 0 Å². The molecule has 1 aromatic carbocycles. The molecular formula is C15H19NO3. The summed E-state index contributed by atoms with van der Waals surface area (Å²) in [7, 11) is 3.51. The van der Waals surface area contributed by atoms with Gasteiger partial charge in [0.15, 0.2) is 0 Å². The van der Waals surface area contributed by atoms with Gasteiger partial charge in [0.2, 0.25) is 0 Å². The third-order valence-electron chi connectivity index (χ3n) is 4.47. The van der Waals surface area contributed by atoms with E-state index in [2.05, 4.69) is 30.1 Å². The van der Waals surface area contributed by atoms with Crippen molar-refractivity contribution in [1.82, 2.24) is 0 Å². The summed E-state index contributed by atoms with van der Waals surface area (Å²) in [6.45, 7) is 0.754. The quantitative estimate of drug-likeness (QED) is 0.781. The Balaban J connectivity index is 1.95. The van der Waals surface area contributed by atoms with E-state index in [1.54, 1.807) is 0 Å². The number of benzene rings is 1. The van der Waals surface area contributed by atoms with Gasteiger partial charge in [0, 0.05) is 24.6 Å². The zero-order chi connectivity index (χ0) is 13.5. The lowest BCUT2D eigenvalue weighted by molar-refractivity contribution is -0.141. The molecule has 0 radical (unpaired) electrons. The SMILES string of the molecule is COC(=O)CCC12CCOC1N(C)c1ccccc12. The van der Waals surface area contributed by atoms with Crippen LogP contribution in [0.4, 0.5) is 5.69 Å². The summed E-state index contributed by atoms with van der Waals surface area (Å²) < 4.78 is 10.7. The summed E-state index contributed by atoms with van der Waals surface area (Å²) in [4.78, 5) is 13.7. The largest absolute Gasteiger partial charge is 0.469 e. The van der Waals surface area contributed by atoms with Crippen LogP contribution in [0.5, 0.6) is 0 Å². The Labute approximate surface area is 113 Å². The number of esters is 1. The Kier molecular flexibility index (Phi) is 2.97. The smallest absolute Gasteiger partial charge is 0.305 e. The van der Waals surface area contributed by atoms with E-state index in [1.165, 1.54) is 18.4 Å². The minimum Gasteiger partial charge on any atom is -0.469 e. The molecule has 2 atom stereocenters. The number of hydrogen-bond donors (Lipinski definition) is 0. The lowest BCUT2D eigenvalue weighted by atomic mass is 9.76. The Morgan fingerprint density at radius 3 is 3.11 bits per heavy atom. The van der Waals surface area contributed by atoms with Gasteiger partial charge in [-0.05, 0) is 24.5 Å². The number of fused-ring (bicyclic) bond motifs is 3. The van der Waals surface area contributed by atoms with Crippen LogP contribution in [-0.2, 0) is 19.7 Å². The van der Waals surface area contributed by atoms with Crippen LogP contribution in [0.25, 0.3) is 0 Å². The molecule has 19 heavy (non-hydrogen) atoms. The molecule has 2 unspecified atom stereocenters. The van der Waals surface area contributed by atoms with Gasteiger partial charge in [0.1, 0.15) is 6.23 Å². The van der Waals surface area contributed by atoms with Crippen molar-refractivity contribution in [3.63, 3.8) is 0 Å². The molecule has 1 fully saturated rings. The molecule has 2 heterocycles. The van der Waals surface area contributed by atoms with Gasteiger partial charge in [-0.15, -0.1) is 0 Å². The summed E-state index contributed by atoms with van der Waals surface area (Å²) >= 11 is 0. The van der Waals surface area contributed by atoms with Crippen molar-refractivity contribution in [3.05, 3.63) is 29.8 Å². The molecule has 0 saturated carbocycles. The van der Waals surface area contributed by atoms with E-state index in [4.69, 9.17) is 9.47 Å². The third kappa shape index (κ3) is 1.74. The predicted molar refractivity (Wildman–Crippen MR) is 72.1 cm³/mol. The molecule has 0 aliphatic carbocycles. The van der Waals surface area contributed by atoms with Crippen molar-refractivity contribution in [2.45, 2.75) is 30.9 Å². The average molecular weight is 261 g/mol. The zero-order valence-electron chi connectivity index (χ0n) is 11.4. The summed E-state index contributed by atoms with van der Waals surface area (Å²) in [5.74, 6) is -0.146. The van der Waals surface area contributed by atoms with Crippen molar-refractivity contribution in [1.29, 1.82) is 0 Å². The zero-order valence-corrected chi connectivity index (χ0v) is 11.4. The molecule has 0 spiro atoms. The minimum absolute atomic E-state index is 0.0505. The number of methoxy groups -OCH3 is 1. The van der Waals surface area contributed by atoms with Gasteiger partial charge in [0.25, 0.3) is 0 Å². The Morgan fingerprint density at radius 2 is 2.32 bits per heavy atom. The number of para-hydroxylation sites is 1. The highest BCUT2D eigenvalue weighted by molar-refractivity contribution is 5.70. The fourth-order valence-electron chi connectivity index (χ4n) is 3.52. The average Bonchev–Trinajstić information content (AvgIpc) is 2.96. The van der Waals surface area contributed by atoms with Crippen LogP contribution in [0.1, 0.15) is 24.8 Å². The first kappa shape index (κ1) is 12.5. The maximum Gasteiger partial charge on any atom is 0.305 e. The fraction of sp³-hybridized carbons (Fsp3) is 0.533. The number of likely N-dealkylation sites (N-methyl/N-ethyl adjacent to an activating group) is 1. The Morgan fingerprint density at radius 1 is 1.53 bits per heavy atom. The van der Waals surface area contributed by atoms with Crippen molar-refractivity contribution in [3.8, 4) is 0 Å². The molecule has 0 amide bonds. The molecule has 0 bridgehead atoms. The number of ether oxygens (including phenoxy) is 2. The van der Waals surface area contributed by atoms with E-state index in [9.17, 15) is 4.79 Å². The maximum absolute atomic E-state index is 11.5. The van der Waals surface area contributed by atoms with E-state index < -0.39 is 0 Å². The van der Waals surface area contributed by atoms with E-state index >= 15 is 0 Å². The summed E-state index contributed by atoms with van der Waals surface area (Å²) in [6.07, 6.45) is 2.25. The number of nitrogens with zero attached hydrogens (tertiary/aromatic N) is 1. The summed E-state index contributed by atoms with van der Waals surface area (Å²) in [5, 5.41) is 0. The molecule has 4 heteroatoms. The van der Waals surface area contributed by atoms with Crippen molar-refractivity contribution in [2.75, 3.05) is 25.7 Å². The van der Waals surface area contributed by atoms with Gasteiger partial charge in [0.05, 0.1) is 13.7 Å². The highest BCUT2D eigenvalue weighted by atomic mass is 16.5. The Bertz CT molecular complexity index is 502. The second-order valence-electron chi connectivity index (χ2n) is 5.33. The first-order valence-electron chi connectivity index (χ1n) is 6.70. The van der Waals surface area contributed by atoms with Crippen molar-refractivity contribution < 1.29 is 14.3 Å². The van der Waals surface area contributed by atoms with E-state index in [0.717, 1.165) is 19.4 Å². The monoisotopic (exact) mass is 261 g/mol. The maximum atomic E-state index is 11.5. The predicted octanol–water partition coefficient (Wildman–Crippen LogP) is 2.07. The fourth-order valence-corrected chi connectivity index (χ4v) is 3.52. The van der Waals surface area contributed by atoms with Crippen molar-refractivity contribution >= 4 is 11.7 Å². The number of hydrogen-bond acceptors (Lipinski definition) is 4. The normalized spacial score (nSPS) is 28.1. The lowest BCUT2D eigenvalue weighted by Gasteiger charge is -2.30. The van der Waals surface area contributed by atoms with Crippen LogP contribution in [0.2, 0.25) is 0 Å². The van der Waals surface area contributed by atoms with Gasteiger partial charge >= 0.3 is 5.97 Å². The molecule has 2 aliphatic heterocycles. The lowest BCUT2D eigenvalue weighted by Crippen LogP contribution is -2.40. The van der Waals surface area contributed by atoms with Gasteiger partial charge < -0.3 is 14.4 Å². The first-order chi connectivity index (χ1) is 9.19. The van der Waals surface area contributed by atoms with Gasteiger partial charge in [-0.3, -0.25) is 4.79 Å². The first-order valence-corrected chi connectivity index (χ1v) is 6.70. The third-order valence-corrected chi connectivity index (χ3v) is 4.47. The topological polar surface area (TPSA) is 38.8 Å². The standard InChI is InChI=1S/C15H19NO3/c1-16-12-6-4-3-5-11(12)15(8-7-13(17)18-2)9-10-19-14(15)16/h3-6,14H,7-10H2,1-2H3. The molecule has 0 aromatic heterocycles. The second kappa shape index (κ2) is 4.53. The van der Waals surface area contributed by atoms with Crippen LogP contribution in [0.3, 0.4) is 0 Å². The molecule has 1 aromatic rings. The molecule has 1 saturated heterocycles. The second-order valence-corrected chi connectivity index (χ2v) is 5.33. The van der Waals surface area contributed by atoms with E-state index in [1.807, 2.05) is 6.07 Å². The van der Waals surface area contributed by atoms with Crippen LogP contribution < -0.4 is 4.90 Å². The summed E-state index contributed by atoms with van der Waals surface area (Å²) in [5.41, 5.74) is 2.47. The molecule has 3 rings (SSSR count). The molecule has 4 nitrogen and oxygen atoms in total. The highest BCUT2D eigenvalue weighted by Crippen LogP contribution is 2.52. The minimum atomic E-state index is -0.146. The van der Waals surface area contributed by atoms with Gasteiger partial charge in [-0.25, -0.2) is 0 Å². The summed E-state index contributed by atoms with van der Waals surface area (Å²) in [6, 6.07) is 8.40. The molecular weight excluding hydrogens is 242 g/mol. The van der Waals surface area contributed by atoms with Gasteiger partial charge in [-0.1, -0.05) is 18.2 Å². The van der Waals surface area contributed by atoms with Crippen LogP contribution in [0.15, 0.2) is 24.3 Å². The molecule has 102 valence electrons. The van der Waals surface area contributed by atoms with Crippen LogP contribution >= 0.6 is 0 Å². The number of anilines is 1. The number of carbonyl (C=O) groups is 1. The van der Waals surface area contributed by atoms with Crippen LogP contribution in [0, 0.1) is 0 Å². The highest BCUT2D eigenvalue weighted by Gasteiger charge is 2.53. The van der Waals surface area contributed by atoms with E-state index in [-0.39, 0.29) is 17.6 Å². The number of rotatable bonds is 3. The van der Waals surface area contributed by atoms with Gasteiger partial charge in [-0.2, -0.15) is 0 Å². The molecule has 0 N–H and O–H groups in total.